The van der Waals surface area contributed by atoms with Gasteiger partial charge in [0.05, 0.1) is 18.6 Å². The van der Waals surface area contributed by atoms with Gasteiger partial charge in [-0.3, -0.25) is 9.89 Å². The summed E-state index contributed by atoms with van der Waals surface area (Å²) in [5.74, 6) is -0.243. The van der Waals surface area contributed by atoms with Crippen LogP contribution in [-0.2, 0) is 6.42 Å². The maximum Gasteiger partial charge on any atom is 0.271 e. The number of aromatic amines is 1. The molecule has 100 valence electrons. The van der Waals surface area contributed by atoms with Crippen LogP contribution in [0, 0.1) is 6.92 Å². The molecule has 2 heterocycles. The number of nitrogens with one attached hydrogen (secondary N) is 2. The smallest absolute Gasteiger partial charge is 0.271 e. The van der Waals surface area contributed by atoms with Crippen LogP contribution in [-0.4, -0.2) is 32.6 Å². The summed E-state index contributed by atoms with van der Waals surface area (Å²) in [5.41, 5.74) is 2.50. The van der Waals surface area contributed by atoms with E-state index in [0.717, 1.165) is 18.5 Å². The van der Waals surface area contributed by atoms with Crippen molar-refractivity contribution in [1.29, 1.82) is 0 Å². The summed E-state index contributed by atoms with van der Waals surface area (Å²) in [6.07, 6.45) is 6.23. The van der Waals surface area contributed by atoms with E-state index in [4.69, 9.17) is 11.6 Å². The number of nitrogens with zero attached hydrogens (tertiary/aromatic N) is 3. The van der Waals surface area contributed by atoms with Crippen molar-refractivity contribution in [3.63, 3.8) is 0 Å². The molecule has 0 aliphatic heterocycles. The average molecular weight is 280 g/mol. The molecule has 0 saturated heterocycles. The van der Waals surface area contributed by atoms with E-state index >= 15 is 0 Å². The van der Waals surface area contributed by atoms with E-state index in [1.807, 2.05) is 13.1 Å². The molecule has 7 heteroatoms. The molecule has 0 fully saturated rings. The Morgan fingerprint density at radius 2 is 2.21 bits per heavy atom. The van der Waals surface area contributed by atoms with Gasteiger partial charge in [0.1, 0.15) is 10.8 Å². The second-order valence-corrected chi connectivity index (χ2v) is 4.49. The monoisotopic (exact) mass is 279 g/mol. The van der Waals surface area contributed by atoms with Crippen LogP contribution in [0.15, 0.2) is 18.6 Å². The summed E-state index contributed by atoms with van der Waals surface area (Å²) in [6.45, 7) is 2.55. The van der Waals surface area contributed by atoms with Crippen molar-refractivity contribution < 1.29 is 4.79 Å². The van der Waals surface area contributed by atoms with E-state index < -0.39 is 0 Å². The number of aryl methyl sites for hydroxylation is 2. The van der Waals surface area contributed by atoms with E-state index in [0.29, 0.717) is 6.54 Å². The number of aromatic nitrogens is 4. The van der Waals surface area contributed by atoms with E-state index in [-0.39, 0.29) is 16.8 Å². The number of carbonyl (C=O) groups is 1. The molecule has 0 aromatic carbocycles. The lowest BCUT2D eigenvalue weighted by atomic mass is 10.1. The number of hydrogen-bond acceptors (Lipinski definition) is 4. The standard InChI is InChI=1S/C12H14ClN5O/c1-8-9(5-17-18-8)3-2-4-14-12(19)10-6-16-11(13)7-15-10/h5-7H,2-4H2,1H3,(H,14,19)(H,17,18). The molecule has 6 nitrogen and oxygen atoms in total. The van der Waals surface area contributed by atoms with E-state index in [9.17, 15) is 4.79 Å². The van der Waals surface area contributed by atoms with Crippen LogP contribution in [0.1, 0.15) is 28.2 Å². The Hall–Kier alpha value is -1.95. The highest BCUT2D eigenvalue weighted by molar-refractivity contribution is 6.29. The third-order valence-corrected chi connectivity index (χ3v) is 2.89. The first-order chi connectivity index (χ1) is 9.16. The lowest BCUT2D eigenvalue weighted by Crippen LogP contribution is -2.25. The highest BCUT2D eigenvalue weighted by Crippen LogP contribution is 2.05. The molecule has 0 spiro atoms. The summed E-state index contributed by atoms with van der Waals surface area (Å²) in [6, 6.07) is 0. The van der Waals surface area contributed by atoms with Crippen LogP contribution in [0.5, 0.6) is 0 Å². The van der Waals surface area contributed by atoms with Gasteiger partial charge < -0.3 is 5.32 Å². The molecular weight excluding hydrogens is 266 g/mol. The van der Waals surface area contributed by atoms with Crippen LogP contribution < -0.4 is 5.32 Å². The quantitative estimate of drug-likeness (QED) is 0.813. The number of amides is 1. The molecule has 0 aliphatic rings. The zero-order valence-electron chi connectivity index (χ0n) is 10.5. The summed E-state index contributed by atoms with van der Waals surface area (Å²) in [5, 5.41) is 9.89. The van der Waals surface area contributed by atoms with Crippen molar-refractivity contribution in [1.82, 2.24) is 25.5 Å². The molecule has 1 amide bonds. The van der Waals surface area contributed by atoms with Crippen molar-refractivity contribution in [3.05, 3.63) is 40.7 Å². The zero-order valence-corrected chi connectivity index (χ0v) is 11.2. The van der Waals surface area contributed by atoms with Crippen LogP contribution in [0.25, 0.3) is 0 Å². The number of rotatable bonds is 5. The van der Waals surface area contributed by atoms with Gasteiger partial charge in [0.2, 0.25) is 0 Å². The van der Waals surface area contributed by atoms with E-state index in [1.54, 1.807) is 0 Å². The van der Waals surface area contributed by atoms with Gasteiger partial charge >= 0.3 is 0 Å². The predicted octanol–water partition coefficient (Wildman–Crippen LogP) is 1.52. The Bertz CT molecular complexity index is 552. The summed E-state index contributed by atoms with van der Waals surface area (Å²) in [7, 11) is 0. The first-order valence-corrected chi connectivity index (χ1v) is 6.29. The van der Waals surface area contributed by atoms with Crippen LogP contribution >= 0.6 is 11.6 Å². The number of carbonyl (C=O) groups excluding carboxylic acids is 1. The van der Waals surface area contributed by atoms with Gasteiger partial charge in [-0.05, 0) is 25.3 Å². The highest BCUT2D eigenvalue weighted by atomic mass is 35.5. The van der Waals surface area contributed by atoms with Crippen molar-refractivity contribution in [2.75, 3.05) is 6.54 Å². The lowest BCUT2D eigenvalue weighted by molar-refractivity contribution is 0.0948. The Morgan fingerprint density at radius 3 is 2.84 bits per heavy atom. The Morgan fingerprint density at radius 1 is 1.37 bits per heavy atom. The molecule has 0 aliphatic carbocycles. The zero-order chi connectivity index (χ0) is 13.7. The second kappa shape index (κ2) is 6.29. The molecule has 19 heavy (non-hydrogen) atoms. The number of halogens is 1. The Balaban J connectivity index is 1.75. The molecule has 0 unspecified atom stereocenters. The SMILES string of the molecule is Cc1[nH]ncc1CCCNC(=O)c1cnc(Cl)cn1. The molecule has 2 aromatic rings. The largest absolute Gasteiger partial charge is 0.351 e. The molecular formula is C12H14ClN5O. The Labute approximate surface area is 115 Å². The first-order valence-electron chi connectivity index (χ1n) is 5.91. The first kappa shape index (κ1) is 13.5. The van der Waals surface area contributed by atoms with Gasteiger partial charge in [-0.1, -0.05) is 11.6 Å². The van der Waals surface area contributed by atoms with Crippen molar-refractivity contribution in [2.45, 2.75) is 19.8 Å². The summed E-state index contributed by atoms with van der Waals surface area (Å²) in [4.78, 5) is 19.4. The molecule has 0 bridgehead atoms. The maximum absolute atomic E-state index is 11.7. The lowest BCUT2D eigenvalue weighted by Gasteiger charge is -2.04. The van der Waals surface area contributed by atoms with Gasteiger partial charge in [0.25, 0.3) is 5.91 Å². The maximum atomic E-state index is 11.7. The Kier molecular flexibility index (Phi) is 4.46. The van der Waals surface area contributed by atoms with E-state index in [1.165, 1.54) is 18.0 Å². The predicted molar refractivity (Wildman–Crippen MR) is 71.0 cm³/mol. The molecule has 0 saturated carbocycles. The normalized spacial score (nSPS) is 10.4. The minimum absolute atomic E-state index is 0.243. The minimum Gasteiger partial charge on any atom is -0.351 e. The molecule has 2 N–H and O–H groups in total. The third kappa shape index (κ3) is 3.75. The summed E-state index contributed by atoms with van der Waals surface area (Å²) < 4.78 is 0. The van der Waals surface area contributed by atoms with Crippen molar-refractivity contribution in [3.8, 4) is 0 Å². The number of hydrogen-bond donors (Lipinski definition) is 2. The number of H-pyrrole nitrogens is 1. The molecule has 2 aromatic heterocycles. The molecule has 2 rings (SSSR count). The van der Waals surface area contributed by atoms with Crippen LogP contribution in [0.2, 0.25) is 5.15 Å². The van der Waals surface area contributed by atoms with Crippen LogP contribution in [0.3, 0.4) is 0 Å². The average Bonchev–Trinajstić information content (AvgIpc) is 2.81. The minimum atomic E-state index is -0.243. The van der Waals surface area contributed by atoms with Crippen molar-refractivity contribution >= 4 is 17.5 Å². The van der Waals surface area contributed by atoms with Gasteiger partial charge in [-0.25, -0.2) is 9.97 Å². The molecule has 0 atom stereocenters. The van der Waals surface area contributed by atoms with Crippen molar-refractivity contribution in [2.24, 2.45) is 0 Å². The van der Waals surface area contributed by atoms with Gasteiger partial charge in [-0.15, -0.1) is 0 Å². The van der Waals surface area contributed by atoms with Crippen LogP contribution in [0.4, 0.5) is 0 Å². The summed E-state index contributed by atoms with van der Waals surface area (Å²) >= 11 is 5.60. The third-order valence-electron chi connectivity index (χ3n) is 2.70. The highest BCUT2D eigenvalue weighted by Gasteiger charge is 2.07. The topological polar surface area (TPSA) is 83.6 Å². The fraction of sp³-hybridized carbons (Fsp3) is 0.333. The fourth-order valence-corrected chi connectivity index (χ4v) is 1.73. The molecule has 0 radical (unpaired) electrons. The van der Waals surface area contributed by atoms with Gasteiger partial charge in [-0.2, -0.15) is 5.10 Å². The van der Waals surface area contributed by atoms with E-state index in [2.05, 4.69) is 25.5 Å². The fourth-order valence-electron chi connectivity index (χ4n) is 1.63. The van der Waals surface area contributed by atoms with Gasteiger partial charge in [0, 0.05) is 12.2 Å². The second-order valence-electron chi connectivity index (χ2n) is 4.10. The van der Waals surface area contributed by atoms with Gasteiger partial charge in [0.15, 0.2) is 0 Å².